The molecule has 5 heteroatoms. The minimum Gasteiger partial charge on any atom is -0.339 e. The van der Waals surface area contributed by atoms with Gasteiger partial charge < -0.3 is 5.32 Å². The van der Waals surface area contributed by atoms with Crippen molar-refractivity contribution >= 4 is 22.5 Å². The number of aryl methyl sites for hydroxylation is 3. The van der Waals surface area contributed by atoms with Crippen molar-refractivity contribution in [2.45, 2.75) is 20.8 Å². The van der Waals surface area contributed by atoms with Crippen LogP contribution in [0.15, 0.2) is 55.0 Å². The fourth-order valence-corrected chi connectivity index (χ4v) is 2.82. The smallest absolute Gasteiger partial charge is 0.168 e. The number of hydrogen-bond acceptors (Lipinski definition) is 4. The Kier molecular flexibility index (Phi) is 3.69. The number of aromatic nitrogens is 4. The molecule has 4 aromatic rings. The van der Waals surface area contributed by atoms with Gasteiger partial charge in [0.15, 0.2) is 5.65 Å². The zero-order valence-electron chi connectivity index (χ0n) is 14.5. The molecule has 0 atom stereocenters. The van der Waals surface area contributed by atoms with Gasteiger partial charge in [0.1, 0.15) is 12.1 Å². The van der Waals surface area contributed by atoms with Crippen LogP contribution in [0.1, 0.15) is 16.7 Å². The average molecular weight is 329 g/mol. The molecular weight excluding hydrogens is 310 g/mol. The average Bonchev–Trinajstić information content (AvgIpc) is 3.04. The molecule has 0 aliphatic carbocycles. The van der Waals surface area contributed by atoms with E-state index in [4.69, 9.17) is 0 Å². The molecule has 0 radical (unpaired) electrons. The second-order valence-electron chi connectivity index (χ2n) is 6.29. The van der Waals surface area contributed by atoms with E-state index in [2.05, 4.69) is 71.5 Å². The third-order valence-electron chi connectivity index (χ3n) is 4.29. The Morgan fingerprint density at radius 3 is 2.44 bits per heavy atom. The molecule has 2 aromatic heterocycles. The summed E-state index contributed by atoms with van der Waals surface area (Å²) in [4.78, 5) is 8.85. The second kappa shape index (κ2) is 6.02. The van der Waals surface area contributed by atoms with Crippen molar-refractivity contribution in [2.24, 2.45) is 0 Å². The third kappa shape index (κ3) is 2.85. The molecule has 25 heavy (non-hydrogen) atoms. The van der Waals surface area contributed by atoms with Gasteiger partial charge in [0.25, 0.3) is 0 Å². The standard InChI is InChI=1S/C20H19N5/c1-13-5-8-16(9-6-13)25-20-17(11-23-25)19(21-12-22-20)24-18-10-14(2)4-7-15(18)3/h4-12H,1-3H3,(H,21,22,24). The Hall–Kier alpha value is -3.21. The van der Waals surface area contributed by atoms with Crippen LogP contribution in [0.5, 0.6) is 0 Å². The Morgan fingerprint density at radius 2 is 1.64 bits per heavy atom. The van der Waals surface area contributed by atoms with Crippen molar-refractivity contribution in [3.63, 3.8) is 0 Å². The van der Waals surface area contributed by atoms with Gasteiger partial charge in [0.05, 0.1) is 17.3 Å². The summed E-state index contributed by atoms with van der Waals surface area (Å²) in [6, 6.07) is 14.5. The maximum Gasteiger partial charge on any atom is 0.168 e. The van der Waals surface area contributed by atoms with Crippen molar-refractivity contribution in [3.05, 3.63) is 71.7 Å². The minimum absolute atomic E-state index is 0.761. The van der Waals surface area contributed by atoms with Crippen LogP contribution in [0.3, 0.4) is 0 Å². The van der Waals surface area contributed by atoms with E-state index in [0.717, 1.165) is 28.2 Å². The minimum atomic E-state index is 0.761. The van der Waals surface area contributed by atoms with E-state index in [-0.39, 0.29) is 0 Å². The number of nitrogens with one attached hydrogen (secondary N) is 1. The molecule has 0 saturated heterocycles. The molecule has 0 aliphatic rings. The summed E-state index contributed by atoms with van der Waals surface area (Å²) in [5.41, 5.74) is 6.40. The normalized spacial score (nSPS) is 11.0. The predicted octanol–water partition coefficient (Wildman–Crippen LogP) is 4.48. The predicted molar refractivity (Wildman–Crippen MR) is 101 cm³/mol. The van der Waals surface area contributed by atoms with Gasteiger partial charge in [0, 0.05) is 5.69 Å². The van der Waals surface area contributed by atoms with Crippen molar-refractivity contribution in [1.29, 1.82) is 0 Å². The lowest BCUT2D eigenvalue weighted by Crippen LogP contribution is -2.00. The highest BCUT2D eigenvalue weighted by Crippen LogP contribution is 2.26. The second-order valence-corrected chi connectivity index (χ2v) is 6.29. The Bertz CT molecular complexity index is 1050. The number of anilines is 2. The molecule has 2 aromatic carbocycles. The van der Waals surface area contributed by atoms with Gasteiger partial charge in [-0.2, -0.15) is 5.10 Å². The molecule has 0 saturated carbocycles. The van der Waals surface area contributed by atoms with Gasteiger partial charge in [-0.05, 0) is 50.1 Å². The molecule has 2 heterocycles. The highest BCUT2D eigenvalue weighted by Gasteiger charge is 2.12. The van der Waals surface area contributed by atoms with Crippen LogP contribution in [-0.2, 0) is 0 Å². The summed E-state index contributed by atoms with van der Waals surface area (Å²) in [6.07, 6.45) is 3.38. The zero-order chi connectivity index (χ0) is 17.4. The Morgan fingerprint density at radius 1 is 0.880 bits per heavy atom. The monoisotopic (exact) mass is 329 g/mol. The fourth-order valence-electron chi connectivity index (χ4n) is 2.82. The fraction of sp³-hybridized carbons (Fsp3) is 0.150. The number of fused-ring (bicyclic) bond motifs is 1. The summed E-state index contributed by atoms with van der Waals surface area (Å²) in [7, 11) is 0. The van der Waals surface area contributed by atoms with Crippen LogP contribution in [0, 0.1) is 20.8 Å². The van der Waals surface area contributed by atoms with Gasteiger partial charge >= 0.3 is 0 Å². The summed E-state index contributed by atoms with van der Waals surface area (Å²) < 4.78 is 1.84. The van der Waals surface area contributed by atoms with Gasteiger partial charge in [-0.3, -0.25) is 0 Å². The highest BCUT2D eigenvalue weighted by atomic mass is 15.3. The molecule has 0 bridgehead atoms. The number of hydrogen-bond donors (Lipinski definition) is 1. The quantitative estimate of drug-likeness (QED) is 0.602. The van der Waals surface area contributed by atoms with Gasteiger partial charge in [-0.15, -0.1) is 0 Å². The lowest BCUT2D eigenvalue weighted by atomic mass is 10.1. The molecule has 5 nitrogen and oxygen atoms in total. The number of benzene rings is 2. The highest BCUT2D eigenvalue weighted by molar-refractivity contribution is 5.89. The van der Waals surface area contributed by atoms with Crippen LogP contribution in [0.25, 0.3) is 16.7 Å². The van der Waals surface area contributed by atoms with E-state index in [1.165, 1.54) is 16.7 Å². The van der Waals surface area contributed by atoms with E-state index < -0.39 is 0 Å². The molecule has 0 aliphatic heterocycles. The number of nitrogens with zero attached hydrogens (tertiary/aromatic N) is 4. The summed E-state index contributed by atoms with van der Waals surface area (Å²) >= 11 is 0. The van der Waals surface area contributed by atoms with Gasteiger partial charge in [-0.25, -0.2) is 14.6 Å². The third-order valence-corrected chi connectivity index (χ3v) is 4.29. The maximum absolute atomic E-state index is 4.51. The molecule has 0 unspecified atom stereocenters. The SMILES string of the molecule is Cc1ccc(-n2ncc3c(Nc4cc(C)ccc4C)ncnc32)cc1. The first kappa shape index (κ1) is 15.3. The molecule has 124 valence electrons. The van der Waals surface area contributed by atoms with E-state index in [1.807, 2.05) is 23.0 Å². The first-order valence-corrected chi connectivity index (χ1v) is 8.22. The summed E-state index contributed by atoms with van der Waals surface area (Å²) in [5, 5.41) is 8.83. The van der Waals surface area contributed by atoms with E-state index in [1.54, 1.807) is 6.33 Å². The Balaban J connectivity index is 1.79. The molecule has 4 rings (SSSR count). The van der Waals surface area contributed by atoms with Crippen LogP contribution in [0.4, 0.5) is 11.5 Å². The van der Waals surface area contributed by atoms with E-state index in [0.29, 0.717) is 0 Å². The van der Waals surface area contributed by atoms with Crippen molar-refractivity contribution < 1.29 is 0 Å². The van der Waals surface area contributed by atoms with Crippen molar-refractivity contribution in [3.8, 4) is 5.69 Å². The Labute approximate surface area is 146 Å². The van der Waals surface area contributed by atoms with Crippen molar-refractivity contribution in [2.75, 3.05) is 5.32 Å². The molecule has 0 spiro atoms. The summed E-state index contributed by atoms with van der Waals surface area (Å²) in [6.45, 7) is 6.23. The zero-order valence-corrected chi connectivity index (χ0v) is 14.5. The summed E-state index contributed by atoms with van der Waals surface area (Å²) in [5.74, 6) is 0.761. The lowest BCUT2D eigenvalue weighted by Gasteiger charge is -2.10. The lowest BCUT2D eigenvalue weighted by molar-refractivity contribution is 0.894. The van der Waals surface area contributed by atoms with Crippen LogP contribution in [0.2, 0.25) is 0 Å². The molecule has 0 fully saturated rings. The van der Waals surface area contributed by atoms with E-state index in [9.17, 15) is 0 Å². The van der Waals surface area contributed by atoms with E-state index >= 15 is 0 Å². The molecular formula is C20H19N5. The maximum atomic E-state index is 4.51. The first-order valence-electron chi connectivity index (χ1n) is 8.22. The first-order chi connectivity index (χ1) is 12.1. The van der Waals surface area contributed by atoms with Crippen LogP contribution >= 0.6 is 0 Å². The number of rotatable bonds is 3. The topological polar surface area (TPSA) is 55.6 Å². The van der Waals surface area contributed by atoms with Gasteiger partial charge in [0.2, 0.25) is 0 Å². The molecule has 0 amide bonds. The van der Waals surface area contributed by atoms with Crippen molar-refractivity contribution in [1.82, 2.24) is 19.7 Å². The van der Waals surface area contributed by atoms with Crippen LogP contribution < -0.4 is 5.32 Å². The largest absolute Gasteiger partial charge is 0.339 e. The van der Waals surface area contributed by atoms with Gasteiger partial charge in [-0.1, -0.05) is 29.8 Å². The molecule has 1 N–H and O–H groups in total. The van der Waals surface area contributed by atoms with Crippen LogP contribution in [-0.4, -0.2) is 19.7 Å².